The second kappa shape index (κ2) is 4.01. The summed E-state index contributed by atoms with van der Waals surface area (Å²) in [5, 5.41) is 0.826. The average molecular weight is 187 g/mol. The molecule has 0 aromatic carbocycles. The Morgan fingerprint density at radius 2 is 2.08 bits per heavy atom. The molecule has 0 aromatic rings. The molecule has 1 aliphatic rings. The van der Waals surface area contributed by atoms with Gasteiger partial charge in [-0.3, -0.25) is 4.90 Å². The van der Waals surface area contributed by atoms with Crippen LogP contribution in [0, 0.1) is 5.41 Å². The fraction of sp³-hybridized carbons (Fsp3) is 1.00. The predicted molar refractivity (Wildman–Crippen MR) is 57.3 cm³/mol. The Morgan fingerprint density at radius 1 is 1.42 bits per heavy atom. The van der Waals surface area contributed by atoms with Gasteiger partial charge in [-0.15, -0.1) is 11.8 Å². The zero-order valence-electron chi connectivity index (χ0n) is 8.76. The number of nitrogens with zero attached hydrogens (tertiary/aromatic N) is 1. The normalized spacial score (nSPS) is 25.5. The van der Waals surface area contributed by atoms with Crippen molar-refractivity contribution in [3.8, 4) is 0 Å². The van der Waals surface area contributed by atoms with Crippen LogP contribution in [0.5, 0.6) is 0 Å². The molecule has 1 rings (SSSR count). The summed E-state index contributed by atoms with van der Waals surface area (Å²) in [4.78, 5) is 2.59. The van der Waals surface area contributed by atoms with Crippen LogP contribution in [0.1, 0.15) is 40.5 Å². The molecule has 1 fully saturated rings. The van der Waals surface area contributed by atoms with Gasteiger partial charge in [-0.05, 0) is 18.3 Å². The molecule has 72 valence electrons. The van der Waals surface area contributed by atoms with Crippen molar-refractivity contribution in [2.45, 2.75) is 45.9 Å². The topological polar surface area (TPSA) is 3.24 Å². The molecule has 0 bridgehead atoms. The van der Waals surface area contributed by atoms with Crippen molar-refractivity contribution in [1.29, 1.82) is 0 Å². The minimum atomic E-state index is 0.499. The molecule has 1 heterocycles. The van der Waals surface area contributed by atoms with Crippen molar-refractivity contribution < 1.29 is 0 Å². The Kier molecular flexibility index (Phi) is 3.47. The van der Waals surface area contributed by atoms with Gasteiger partial charge in [-0.25, -0.2) is 0 Å². The van der Waals surface area contributed by atoms with E-state index in [9.17, 15) is 0 Å². The van der Waals surface area contributed by atoms with Gasteiger partial charge in [-0.2, -0.15) is 0 Å². The Balaban J connectivity index is 2.16. The molecule has 0 saturated carbocycles. The zero-order chi connectivity index (χ0) is 9.19. The number of hydrogen-bond acceptors (Lipinski definition) is 2. The highest BCUT2D eigenvalue weighted by molar-refractivity contribution is 8.01. The van der Waals surface area contributed by atoms with Crippen LogP contribution >= 0.6 is 11.8 Å². The van der Waals surface area contributed by atoms with Crippen LogP contribution in [0.25, 0.3) is 0 Å². The van der Waals surface area contributed by atoms with E-state index in [1.807, 2.05) is 0 Å². The average Bonchev–Trinajstić information content (AvgIpc) is 1.83. The van der Waals surface area contributed by atoms with Gasteiger partial charge in [0, 0.05) is 12.4 Å². The maximum absolute atomic E-state index is 2.59. The van der Waals surface area contributed by atoms with Crippen molar-refractivity contribution in [2.24, 2.45) is 5.41 Å². The lowest BCUT2D eigenvalue weighted by atomic mass is 9.92. The van der Waals surface area contributed by atoms with E-state index >= 15 is 0 Å². The summed E-state index contributed by atoms with van der Waals surface area (Å²) in [5.41, 5.74) is 0.499. The first kappa shape index (κ1) is 10.4. The monoisotopic (exact) mass is 187 g/mol. The molecule has 0 radical (unpaired) electrons. The minimum absolute atomic E-state index is 0.499. The third-order valence-corrected chi connectivity index (χ3v) is 3.84. The van der Waals surface area contributed by atoms with Gasteiger partial charge in [0.15, 0.2) is 0 Å². The summed E-state index contributed by atoms with van der Waals surface area (Å²) >= 11 is 2.09. The van der Waals surface area contributed by atoms with Gasteiger partial charge < -0.3 is 0 Å². The second-order valence-corrected chi connectivity index (χ2v) is 5.92. The summed E-state index contributed by atoms with van der Waals surface area (Å²) < 4.78 is 0. The SMILES string of the molecule is CCC1SCN1CCC(C)(C)C. The summed E-state index contributed by atoms with van der Waals surface area (Å²) in [6, 6.07) is 0. The Hall–Kier alpha value is 0.310. The van der Waals surface area contributed by atoms with Crippen molar-refractivity contribution in [1.82, 2.24) is 4.90 Å². The summed E-state index contributed by atoms with van der Waals surface area (Å²) in [5.74, 6) is 1.26. The van der Waals surface area contributed by atoms with E-state index in [0.717, 1.165) is 5.37 Å². The van der Waals surface area contributed by atoms with Crippen LogP contribution in [-0.2, 0) is 0 Å². The molecular formula is C10H21NS. The van der Waals surface area contributed by atoms with E-state index < -0.39 is 0 Å². The van der Waals surface area contributed by atoms with Crippen molar-refractivity contribution in [2.75, 3.05) is 12.4 Å². The lowest BCUT2D eigenvalue weighted by molar-refractivity contribution is 0.219. The molecule has 12 heavy (non-hydrogen) atoms. The first-order valence-electron chi connectivity index (χ1n) is 4.88. The van der Waals surface area contributed by atoms with Crippen LogP contribution in [0.3, 0.4) is 0 Å². The van der Waals surface area contributed by atoms with E-state index in [1.165, 1.54) is 25.3 Å². The minimum Gasteiger partial charge on any atom is -0.282 e. The molecule has 1 saturated heterocycles. The van der Waals surface area contributed by atoms with E-state index in [1.54, 1.807) is 0 Å². The third-order valence-electron chi connectivity index (χ3n) is 2.34. The molecule has 1 nitrogen and oxygen atoms in total. The summed E-state index contributed by atoms with van der Waals surface area (Å²) in [7, 11) is 0. The van der Waals surface area contributed by atoms with Crippen molar-refractivity contribution in [3.63, 3.8) is 0 Å². The molecular weight excluding hydrogens is 166 g/mol. The summed E-state index contributed by atoms with van der Waals surface area (Å²) in [6.07, 6.45) is 2.62. The quantitative estimate of drug-likeness (QED) is 0.667. The molecule has 1 unspecified atom stereocenters. The van der Waals surface area contributed by atoms with Crippen molar-refractivity contribution in [3.05, 3.63) is 0 Å². The van der Waals surface area contributed by atoms with E-state index in [0.29, 0.717) is 5.41 Å². The molecule has 2 heteroatoms. The van der Waals surface area contributed by atoms with E-state index in [2.05, 4.69) is 44.4 Å². The van der Waals surface area contributed by atoms with Crippen molar-refractivity contribution >= 4 is 11.8 Å². The standard InChI is InChI=1S/C10H21NS/c1-5-9-11(8-12-9)7-6-10(2,3)4/h9H,5-8H2,1-4H3. The van der Waals surface area contributed by atoms with Crippen LogP contribution in [-0.4, -0.2) is 22.7 Å². The maximum atomic E-state index is 2.59. The van der Waals surface area contributed by atoms with Crippen LogP contribution < -0.4 is 0 Å². The fourth-order valence-electron chi connectivity index (χ4n) is 1.35. The van der Waals surface area contributed by atoms with Gasteiger partial charge in [-0.1, -0.05) is 27.7 Å². The van der Waals surface area contributed by atoms with Crippen LogP contribution in [0.2, 0.25) is 0 Å². The van der Waals surface area contributed by atoms with E-state index in [4.69, 9.17) is 0 Å². The Morgan fingerprint density at radius 3 is 2.42 bits per heavy atom. The second-order valence-electron chi connectivity index (χ2n) is 4.78. The van der Waals surface area contributed by atoms with Gasteiger partial charge >= 0.3 is 0 Å². The number of hydrogen-bond donors (Lipinski definition) is 0. The number of thioether (sulfide) groups is 1. The molecule has 0 aromatic heterocycles. The highest BCUT2D eigenvalue weighted by atomic mass is 32.2. The van der Waals surface area contributed by atoms with Crippen LogP contribution in [0.15, 0.2) is 0 Å². The highest BCUT2D eigenvalue weighted by Crippen LogP contribution is 2.32. The predicted octanol–water partition coefficient (Wildman–Crippen LogP) is 3.17. The molecule has 1 atom stereocenters. The third kappa shape index (κ3) is 2.98. The molecule has 0 aliphatic carbocycles. The number of rotatable bonds is 3. The fourth-order valence-corrected chi connectivity index (χ4v) is 2.39. The zero-order valence-corrected chi connectivity index (χ0v) is 9.58. The molecule has 0 amide bonds. The smallest absolute Gasteiger partial charge is 0.0575 e. The maximum Gasteiger partial charge on any atom is 0.0575 e. The molecule has 0 spiro atoms. The molecule has 0 N–H and O–H groups in total. The first-order valence-corrected chi connectivity index (χ1v) is 5.93. The van der Waals surface area contributed by atoms with Crippen LogP contribution in [0.4, 0.5) is 0 Å². The Bertz CT molecular complexity index is 137. The first-order chi connectivity index (χ1) is 5.53. The van der Waals surface area contributed by atoms with Gasteiger partial charge in [0.1, 0.15) is 0 Å². The lowest BCUT2D eigenvalue weighted by Crippen LogP contribution is -2.43. The van der Waals surface area contributed by atoms with Gasteiger partial charge in [0.05, 0.1) is 5.37 Å². The Labute approximate surface area is 80.9 Å². The highest BCUT2D eigenvalue weighted by Gasteiger charge is 2.27. The largest absolute Gasteiger partial charge is 0.282 e. The van der Waals surface area contributed by atoms with E-state index in [-0.39, 0.29) is 0 Å². The van der Waals surface area contributed by atoms with Gasteiger partial charge in [0.2, 0.25) is 0 Å². The summed E-state index contributed by atoms with van der Waals surface area (Å²) in [6.45, 7) is 10.5. The van der Waals surface area contributed by atoms with Gasteiger partial charge in [0.25, 0.3) is 0 Å². The lowest BCUT2D eigenvalue weighted by Gasteiger charge is -2.41. The molecule has 1 aliphatic heterocycles.